The molecule has 5 aromatic rings. The Morgan fingerprint density at radius 1 is 1.00 bits per heavy atom. The first kappa shape index (κ1) is 21.0. The number of hydrogen-bond donors (Lipinski definition) is 1. The Bertz CT molecular complexity index is 1520. The van der Waals surface area contributed by atoms with E-state index in [4.69, 9.17) is 9.40 Å². The molecule has 0 bridgehead atoms. The van der Waals surface area contributed by atoms with Crippen LogP contribution in [0.25, 0.3) is 27.8 Å². The van der Waals surface area contributed by atoms with E-state index in [0.29, 0.717) is 28.5 Å². The number of aromatic nitrogens is 2. The first-order chi connectivity index (χ1) is 16.1. The second kappa shape index (κ2) is 8.96. The van der Waals surface area contributed by atoms with E-state index < -0.39 is 0 Å². The van der Waals surface area contributed by atoms with Crippen LogP contribution >= 0.6 is 11.8 Å². The lowest BCUT2D eigenvalue weighted by Gasteiger charge is -2.13. The molecule has 0 radical (unpaired) electrons. The van der Waals surface area contributed by atoms with Crippen LogP contribution in [0.1, 0.15) is 11.1 Å². The number of benzene rings is 3. The molecule has 3 aromatic carbocycles. The SMILES string of the molecule is Cc1ccccc1-n1c(SCC(=O)NCc2ccccc2)nc2c(oc3ccccc32)c1=O. The molecule has 33 heavy (non-hydrogen) atoms. The fourth-order valence-corrected chi connectivity index (χ4v) is 4.55. The van der Waals surface area contributed by atoms with Crippen LogP contribution in [-0.2, 0) is 11.3 Å². The molecule has 1 amide bonds. The smallest absolute Gasteiger partial charge is 0.302 e. The Morgan fingerprint density at radius 3 is 2.55 bits per heavy atom. The lowest BCUT2D eigenvalue weighted by atomic mass is 10.2. The van der Waals surface area contributed by atoms with Crippen LogP contribution in [0, 0.1) is 6.92 Å². The summed E-state index contributed by atoms with van der Waals surface area (Å²) < 4.78 is 7.41. The van der Waals surface area contributed by atoms with Gasteiger partial charge in [0, 0.05) is 11.9 Å². The Hall–Kier alpha value is -3.84. The van der Waals surface area contributed by atoms with E-state index in [1.807, 2.05) is 85.8 Å². The van der Waals surface area contributed by atoms with E-state index >= 15 is 0 Å². The Balaban J connectivity index is 1.52. The number of fused-ring (bicyclic) bond motifs is 3. The fourth-order valence-electron chi connectivity index (χ4n) is 3.72. The van der Waals surface area contributed by atoms with Gasteiger partial charge < -0.3 is 9.73 Å². The maximum atomic E-state index is 13.5. The number of carbonyl (C=O) groups excluding carboxylic acids is 1. The third kappa shape index (κ3) is 4.15. The predicted molar refractivity (Wildman–Crippen MR) is 131 cm³/mol. The second-order valence-corrected chi connectivity index (χ2v) is 8.59. The van der Waals surface area contributed by atoms with Crippen molar-refractivity contribution in [2.75, 3.05) is 5.75 Å². The topological polar surface area (TPSA) is 77.1 Å². The van der Waals surface area contributed by atoms with Crippen LogP contribution in [0.2, 0.25) is 0 Å². The normalized spacial score (nSPS) is 11.2. The van der Waals surface area contributed by atoms with Gasteiger partial charge in [0.1, 0.15) is 11.1 Å². The molecule has 0 aliphatic carbocycles. The van der Waals surface area contributed by atoms with Gasteiger partial charge in [-0.2, -0.15) is 0 Å². The third-order valence-corrected chi connectivity index (χ3v) is 6.33. The molecule has 6 nitrogen and oxygen atoms in total. The average molecular weight is 456 g/mol. The Kier molecular flexibility index (Phi) is 5.71. The number of rotatable bonds is 6. The summed E-state index contributed by atoms with van der Waals surface area (Å²) in [6.07, 6.45) is 0. The minimum atomic E-state index is -0.294. The van der Waals surface area contributed by atoms with Crippen molar-refractivity contribution < 1.29 is 9.21 Å². The van der Waals surface area contributed by atoms with Crippen LogP contribution in [0.15, 0.2) is 93.2 Å². The number of amides is 1. The number of hydrogen-bond acceptors (Lipinski definition) is 5. The Morgan fingerprint density at radius 2 is 1.73 bits per heavy atom. The van der Waals surface area contributed by atoms with Crippen molar-refractivity contribution in [1.29, 1.82) is 0 Å². The highest BCUT2D eigenvalue weighted by Crippen LogP contribution is 2.29. The minimum absolute atomic E-state index is 0.131. The molecule has 0 unspecified atom stereocenters. The molecule has 0 spiro atoms. The maximum Gasteiger partial charge on any atom is 0.302 e. The molecule has 7 heteroatoms. The maximum absolute atomic E-state index is 13.5. The van der Waals surface area contributed by atoms with Gasteiger partial charge in [-0.25, -0.2) is 4.98 Å². The van der Waals surface area contributed by atoms with Gasteiger partial charge in [0.2, 0.25) is 11.5 Å². The first-order valence-corrected chi connectivity index (χ1v) is 11.5. The predicted octanol–water partition coefficient (Wildman–Crippen LogP) is 4.85. The molecule has 0 aliphatic rings. The highest BCUT2D eigenvalue weighted by Gasteiger charge is 2.20. The summed E-state index contributed by atoms with van der Waals surface area (Å²) in [5.74, 6) is -0.00140. The summed E-state index contributed by atoms with van der Waals surface area (Å²) in [5.41, 5.74) is 3.69. The van der Waals surface area contributed by atoms with Crippen molar-refractivity contribution in [3.63, 3.8) is 0 Å². The molecular weight excluding hydrogens is 434 g/mol. The molecular formula is C26H21N3O3S. The van der Waals surface area contributed by atoms with E-state index in [0.717, 1.165) is 16.5 Å². The summed E-state index contributed by atoms with van der Waals surface area (Å²) in [6, 6.07) is 24.8. The van der Waals surface area contributed by atoms with Crippen molar-refractivity contribution in [1.82, 2.24) is 14.9 Å². The standard InChI is InChI=1S/C26H21N3O3S/c1-17-9-5-7-13-20(17)29-25(31)24-23(19-12-6-8-14-21(19)32-24)28-26(29)33-16-22(30)27-15-18-10-3-2-4-11-18/h2-14H,15-16H2,1H3,(H,27,30). The summed E-state index contributed by atoms with van der Waals surface area (Å²) in [7, 11) is 0. The molecule has 0 atom stereocenters. The van der Waals surface area contributed by atoms with Crippen molar-refractivity contribution in [2.45, 2.75) is 18.6 Å². The van der Waals surface area contributed by atoms with Crippen LogP contribution in [-0.4, -0.2) is 21.2 Å². The minimum Gasteiger partial charge on any atom is -0.448 e. The van der Waals surface area contributed by atoms with Crippen LogP contribution < -0.4 is 10.9 Å². The van der Waals surface area contributed by atoms with E-state index in [2.05, 4.69) is 5.32 Å². The van der Waals surface area contributed by atoms with E-state index in [1.54, 1.807) is 0 Å². The van der Waals surface area contributed by atoms with Gasteiger partial charge in [0.25, 0.3) is 0 Å². The molecule has 0 aliphatic heterocycles. The van der Waals surface area contributed by atoms with Crippen molar-refractivity contribution in [2.24, 2.45) is 0 Å². The number of para-hydroxylation sites is 2. The highest BCUT2D eigenvalue weighted by molar-refractivity contribution is 7.99. The fraction of sp³-hybridized carbons (Fsp3) is 0.115. The van der Waals surface area contributed by atoms with E-state index in [9.17, 15) is 9.59 Å². The van der Waals surface area contributed by atoms with Crippen LogP contribution in [0.3, 0.4) is 0 Å². The third-order valence-electron chi connectivity index (χ3n) is 5.39. The quantitative estimate of drug-likeness (QED) is 0.293. The Labute approximate surface area is 194 Å². The van der Waals surface area contributed by atoms with Gasteiger partial charge in [-0.15, -0.1) is 0 Å². The van der Waals surface area contributed by atoms with Gasteiger partial charge in [0.05, 0.1) is 11.4 Å². The second-order valence-electron chi connectivity index (χ2n) is 7.65. The van der Waals surface area contributed by atoms with Crippen molar-refractivity contribution in [3.05, 3.63) is 100 Å². The monoisotopic (exact) mass is 455 g/mol. The number of furan rings is 1. The van der Waals surface area contributed by atoms with Gasteiger partial charge >= 0.3 is 5.56 Å². The molecule has 1 N–H and O–H groups in total. The van der Waals surface area contributed by atoms with Crippen LogP contribution in [0.5, 0.6) is 0 Å². The molecule has 2 aromatic heterocycles. The summed E-state index contributed by atoms with van der Waals surface area (Å²) >= 11 is 1.23. The van der Waals surface area contributed by atoms with Gasteiger partial charge in [-0.3, -0.25) is 14.2 Å². The van der Waals surface area contributed by atoms with Gasteiger partial charge in [0.15, 0.2) is 5.16 Å². The first-order valence-electron chi connectivity index (χ1n) is 10.6. The number of aryl methyl sites for hydroxylation is 1. The number of thioether (sulfide) groups is 1. The molecule has 0 saturated heterocycles. The average Bonchev–Trinajstić information content (AvgIpc) is 3.22. The van der Waals surface area contributed by atoms with Gasteiger partial charge in [-0.05, 0) is 36.2 Å². The van der Waals surface area contributed by atoms with Crippen LogP contribution in [0.4, 0.5) is 0 Å². The van der Waals surface area contributed by atoms with E-state index in [1.165, 1.54) is 16.3 Å². The lowest BCUT2D eigenvalue weighted by molar-refractivity contribution is -0.118. The zero-order valence-electron chi connectivity index (χ0n) is 17.9. The zero-order chi connectivity index (χ0) is 22.8. The molecule has 164 valence electrons. The number of nitrogens with one attached hydrogen (secondary N) is 1. The lowest BCUT2D eigenvalue weighted by Crippen LogP contribution is -2.26. The molecule has 0 fully saturated rings. The summed E-state index contributed by atoms with van der Waals surface area (Å²) in [6.45, 7) is 2.38. The van der Waals surface area contributed by atoms with E-state index in [-0.39, 0.29) is 22.8 Å². The highest BCUT2D eigenvalue weighted by atomic mass is 32.2. The zero-order valence-corrected chi connectivity index (χ0v) is 18.8. The molecule has 0 saturated carbocycles. The molecule has 5 rings (SSSR count). The van der Waals surface area contributed by atoms with Crippen molar-refractivity contribution in [3.8, 4) is 5.69 Å². The summed E-state index contributed by atoms with van der Waals surface area (Å²) in [5, 5.41) is 4.15. The largest absolute Gasteiger partial charge is 0.448 e. The van der Waals surface area contributed by atoms with Crippen molar-refractivity contribution >= 4 is 39.7 Å². The number of nitrogens with zero attached hydrogens (tertiary/aromatic N) is 2. The number of carbonyl (C=O) groups is 1. The molecule has 2 heterocycles. The summed E-state index contributed by atoms with van der Waals surface area (Å²) in [4.78, 5) is 30.9. The van der Waals surface area contributed by atoms with Gasteiger partial charge in [-0.1, -0.05) is 72.4 Å².